The van der Waals surface area contributed by atoms with Gasteiger partial charge >= 0.3 is 0 Å². The van der Waals surface area contributed by atoms with Crippen LogP contribution in [-0.2, 0) is 9.47 Å². The van der Waals surface area contributed by atoms with Gasteiger partial charge in [0.1, 0.15) is 6.79 Å². The summed E-state index contributed by atoms with van der Waals surface area (Å²) in [7, 11) is 0. The Kier molecular flexibility index (Phi) is 2.70. The van der Waals surface area contributed by atoms with Crippen molar-refractivity contribution in [3.05, 3.63) is 12.2 Å². The maximum atomic E-state index is 8.95. The van der Waals surface area contributed by atoms with Gasteiger partial charge in [-0.15, -0.1) is 0 Å². The molecule has 9 heavy (non-hydrogen) atoms. The van der Waals surface area contributed by atoms with E-state index in [1.54, 1.807) is 12.2 Å². The standard InChI is InChI=1S/C6H10O3/c7-6-2-1-3-8-5-9-4-6/h1-2,6-7H,3-5H2/b2-1+. The van der Waals surface area contributed by atoms with Gasteiger partial charge in [-0.3, -0.25) is 0 Å². The van der Waals surface area contributed by atoms with Gasteiger partial charge in [0.05, 0.1) is 19.3 Å². The summed E-state index contributed by atoms with van der Waals surface area (Å²) in [6.07, 6.45) is 2.99. The fourth-order valence-corrected chi connectivity index (χ4v) is 0.612. The van der Waals surface area contributed by atoms with Crippen molar-refractivity contribution in [1.29, 1.82) is 0 Å². The Morgan fingerprint density at radius 3 is 3.22 bits per heavy atom. The van der Waals surface area contributed by atoms with Crippen LogP contribution >= 0.6 is 0 Å². The molecule has 3 nitrogen and oxygen atoms in total. The molecular formula is C6H10O3. The molecule has 1 aliphatic rings. The summed E-state index contributed by atoms with van der Waals surface area (Å²) in [4.78, 5) is 0. The third-order valence-corrected chi connectivity index (χ3v) is 1.03. The van der Waals surface area contributed by atoms with Gasteiger partial charge in [-0.1, -0.05) is 12.2 Å². The second kappa shape index (κ2) is 3.61. The lowest BCUT2D eigenvalue weighted by Crippen LogP contribution is -2.16. The van der Waals surface area contributed by atoms with Gasteiger partial charge < -0.3 is 14.6 Å². The molecule has 1 aliphatic heterocycles. The quantitative estimate of drug-likeness (QED) is 0.466. The second-order valence-corrected chi connectivity index (χ2v) is 1.85. The Labute approximate surface area is 53.9 Å². The minimum atomic E-state index is -0.464. The van der Waals surface area contributed by atoms with Crippen molar-refractivity contribution in [2.45, 2.75) is 6.10 Å². The molecule has 0 aliphatic carbocycles. The molecule has 0 radical (unpaired) electrons. The Morgan fingerprint density at radius 2 is 2.33 bits per heavy atom. The second-order valence-electron chi connectivity index (χ2n) is 1.85. The Bertz CT molecular complexity index is 100. The highest BCUT2D eigenvalue weighted by Gasteiger charge is 2.00. The number of rotatable bonds is 0. The van der Waals surface area contributed by atoms with Gasteiger partial charge in [0.2, 0.25) is 0 Å². The van der Waals surface area contributed by atoms with E-state index in [-0.39, 0.29) is 6.79 Å². The number of aliphatic hydroxyl groups is 1. The maximum absolute atomic E-state index is 8.95. The van der Waals surface area contributed by atoms with Crippen molar-refractivity contribution in [3.63, 3.8) is 0 Å². The number of aliphatic hydroxyl groups excluding tert-OH is 1. The summed E-state index contributed by atoms with van der Waals surface area (Å²) in [6, 6.07) is 0. The first kappa shape index (κ1) is 6.74. The van der Waals surface area contributed by atoms with Crippen molar-refractivity contribution >= 4 is 0 Å². The van der Waals surface area contributed by atoms with Crippen LogP contribution in [0.15, 0.2) is 12.2 Å². The van der Waals surface area contributed by atoms with Crippen molar-refractivity contribution < 1.29 is 14.6 Å². The van der Waals surface area contributed by atoms with E-state index < -0.39 is 6.10 Å². The zero-order valence-electron chi connectivity index (χ0n) is 5.12. The van der Waals surface area contributed by atoms with Gasteiger partial charge in [0.25, 0.3) is 0 Å². The van der Waals surface area contributed by atoms with Crippen molar-refractivity contribution in [1.82, 2.24) is 0 Å². The average molecular weight is 130 g/mol. The van der Waals surface area contributed by atoms with Crippen LogP contribution in [0.25, 0.3) is 0 Å². The van der Waals surface area contributed by atoms with Gasteiger partial charge in [0, 0.05) is 0 Å². The molecule has 0 bridgehead atoms. The highest BCUT2D eigenvalue weighted by Crippen LogP contribution is 1.92. The SMILES string of the molecule is OC1/C=C/COCOC1. The van der Waals surface area contributed by atoms with Crippen molar-refractivity contribution in [2.75, 3.05) is 20.0 Å². The lowest BCUT2D eigenvalue weighted by molar-refractivity contribution is -0.0685. The fraction of sp³-hybridized carbons (Fsp3) is 0.667. The van der Waals surface area contributed by atoms with E-state index in [9.17, 15) is 0 Å². The number of hydrogen-bond acceptors (Lipinski definition) is 3. The zero-order chi connectivity index (χ0) is 6.53. The molecule has 1 rings (SSSR count). The molecule has 0 saturated heterocycles. The lowest BCUT2D eigenvalue weighted by Gasteiger charge is -2.09. The van der Waals surface area contributed by atoms with Crippen molar-refractivity contribution in [2.24, 2.45) is 0 Å². The van der Waals surface area contributed by atoms with Gasteiger partial charge in [0.15, 0.2) is 0 Å². The summed E-state index contributed by atoms with van der Waals surface area (Å²) in [5.41, 5.74) is 0. The Hall–Kier alpha value is -0.380. The molecule has 1 heterocycles. The monoisotopic (exact) mass is 130 g/mol. The molecule has 0 saturated carbocycles. The van der Waals surface area contributed by atoms with E-state index in [1.807, 2.05) is 0 Å². The van der Waals surface area contributed by atoms with E-state index in [4.69, 9.17) is 14.6 Å². The van der Waals surface area contributed by atoms with Crippen LogP contribution in [0.2, 0.25) is 0 Å². The summed E-state index contributed by atoms with van der Waals surface area (Å²) in [5.74, 6) is 0. The largest absolute Gasteiger partial charge is 0.387 e. The molecule has 0 aromatic heterocycles. The number of ether oxygens (including phenoxy) is 2. The molecular weight excluding hydrogens is 120 g/mol. The fourth-order valence-electron chi connectivity index (χ4n) is 0.612. The summed E-state index contributed by atoms with van der Waals surface area (Å²) in [6.45, 7) is 1.13. The van der Waals surface area contributed by atoms with Gasteiger partial charge in [-0.25, -0.2) is 0 Å². The van der Waals surface area contributed by atoms with Crippen LogP contribution in [0, 0.1) is 0 Å². The van der Waals surface area contributed by atoms with Crippen LogP contribution in [0.5, 0.6) is 0 Å². The molecule has 0 fully saturated rings. The summed E-state index contributed by atoms with van der Waals surface area (Å²) < 4.78 is 9.77. The predicted octanol–water partition coefficient (Wildman–Crippen LogP) is -0.0922. The highest BCUT2D eigenvalue weighted by molar-refractivity contribution is 4.88. The minimum Gasteiger partial charge on any atom is -0.387 e. The lowest BCUT2D eigenvalue weighted by atomic mass is 10.3. The van der Waals surface area contributed by atoms with Crippen LogP contribution in [-0.4, -0.2) is 31.2 Å². The third-order valence-electron chi connectivity index (χ3n) is 1.03. The highest BCUT2D eigenvalue weighted by atomic mass is 16.7. The maximum Gasteiger partial charge on any atom is 0.147 e. The molecule has 0 amide bonds. The summed E-state index contributed by atoms with van der Waals surface area (Å²) >= 11 is 0. The van der Waals surface area contributed by atoms with Crippen molar-refractivity contribution in [3.8, 4) is 0 Å². The van der Waals surface area contributed by atoms with Crippen LogP contribution in [0.1, 0.15) is 0 Å². The molecule has 3 heteroatoms. The molecule has 1 atom stereocenters. The van der Waals surface area contributed by atoms with Crippen LogP contribution in [0.3, 0.4) is 0 Å². The summed E-state index contributed by atoms with van der Waals surface area (Å²) in [5, 5.41) is 8.95. The molecule has 1 unspecified atom stereocenters. The van der Waals surface area contributed by atoms with E-state index >= 15 is 0 Å². The Balaban J connectivity index is 2.30. The van der Waals surface area contributed by atoms with Gasteiger partial charge in [-0.05, 0) is 0 Å². The molecule has 52 valence electrons. The number of hydrogen-bond donors (Lipinski definition) is 1. The van der Waals surface area contributed by atoms with E-state index in [2.05, 4.69) is 0 Å². The molecule has 0 aromatic rings. The Morgan fingerprint density at radius 1 is 1.44 bits per heavy atom. The van der Waals surface area contributed by atoms with E-state index in [0.717, 1.165) is 0 Å². The third kappa shape index (κ3) is 2.60. The first-order valence-electron chi connectivity index (χ1n) is 2.90. The molecule has 0 spiro atoms. The van der Waals surface area contributed by atoms with Crippen LogP contribution < -0.4 is 0 Å². The van der Waals surface area contributed by atoms with Gasteiger partial charge in [-0.2, -0.15) is 0 Å². The van der Waals surface area contributed by atoms with Crippen LogP contribution in [0.4, 0.5) is 0 Å². The molecule has 0 aromatic carbocycles. The molecule has 1 N–H and O–H groups in total. The first-order chi connectivity index (χ1) is 4.39. The topological polar surface area (TPSA) is 38.7 Å². The zero-order valence-corrected chi connectivity index (χ0v) is 5.12. The minimum absolute atomic E-state index is 0.279. The smallest absolute Gasteiger partial charge is 0.147 e. The average Bonchev–Trinajstić information content (AvgIpc) is 1.79. The van der Waals surface area contributed by atoms with E-state index in [0.29, 0.717) is 13.2 Å². The van der Waals surface area contributed by atoms with E-state index in [1.165, 1.54) is 0 Å². The normalized spacial score (nSPS) is 32.8. The predicted molar refractivity (Wildman–Crippen MR) is 31.9 cm³/mol. The first-order valence-corrected chi connectivity index (χ1v) is 2.90.